The van der Waals surface area contributed by atoms with Gasteiger partial charge in [0.15, 0.2) is 0 Å². The number of carboxylic acids is 2. The molecule has 0 spiro atoms. The predicted molar refractivity (Wildman–Crippen MR) is 73.2 cm³/mol. The summed E-state index contributed by atoms with van der Waals surface area (Å²) in [5, 5.41) is 17.9. The van der Waals surface area contributed by atoms with Gasteiger partial charge in [0.2, 0.25) is 0 Å². The van der Waals surface area contributed by atoms with Gasteiger partial charge in [-0.1, -0.05) is 0 Å². The van der Waals surface area contributed by atoms with E-state index >= 15 is 0 Å². The zero-order chi connectivity index (χ0) is 17.5. The molecule has 0 fully saturated rings. The zero-order valence-corrected chi connectivity index (χ0v) is 13.0. The number of carbonyl (C=O) groups is 4. The van der Waals surface area contributed by atoms with E-state index < -0.39 is 42.1 Å². The smallest absolute Gasteiger partial charge is 0.411 e. The van der Waals surface area contributed by atoms with E-state index in [0.29, 0.717) is 4.90 Å². The Bertz CT molecular complexity index is 440. The summed E-state index contributed by atoms with van der Waals surface area (Å²) in [6.07, 6.45) is -2.10. The normalized spacial score (nSPS) is 12.2. The van der Waals surface area contributed by atoms with Crippen LogP contribution < -0.4 is 0 Å². The Morgan fingerprint density at radius 2 is 1.68 bits per heavy atom. The summed E-state index contributed by atoms with van der Waals surface area (Å²) >= 11 is 0. The Balaban J connectivity index is 5.26. The maximum absolute atomic E-state index is 12.1. The Morgan fingerprint density at radius 3 is 2.05 bits per heavy atom. The van der Waals surface area contributed by atoms with Crippen molar-refractivity contribution in [2.75, 3.05) is 13.7 Å². The lowest BCUT2D eigenvalue weighted by atomic mass is 10.1. The van der Waals surface area contributed by atoms with Crippen molar-refractivity contribution in [2.45, 2.75) is 45.3 Å². The Morgan fingerprint density at radius 1 is 1.14 bits per heavy atom. The molecule has 1 atom stereocenters. The summed E-state index contributed by atoms with van der Waals surface area (Å²) in [4.78, 5) is 46.0. The van der Waals surface area contributed by atoms with Crippen LogP contribution in [0, 0.1) is 0 Å². The third-order valence-electron chi connectivity index (χ3n) is 2.44. The quantitative estimate of drug-likeness (QED) is 0.656. The van der Waals surface area contributed by atoms with E-state index in [1.807, 2.05) is 0 Å². The summed E-state index contributed by atoms with van der Waals surface area (Å²) in [7, 11) is 1.14. The molecular weight excluding hydrogens is 298 g/mol. The van der Waals surface area contributed by atoms with Gasteiger partial charge in [-0.25, -0.2) is 9.59 Å². The zero-order valence-electron chi connectivity index (χ0n) is 13.0. The summed E-state index contributed by atoms with van der Waals surface area (Å²) < 4.78 is 9.48. The summed E-state index contributed by atoms with van der Waals surface area (Å²) in [6.45, 7) is 4.41. The molecule has 0 rings (SSSR count). The largest absolute Gasteiger partial charge is 0.481 e. The van der Waals surface area contributed by atoms with Gasteiger partial charge in [-0.05, 0) is 20.8 Å². The molecule has 0 aliphatic carbocycles. The maximum atomic E-state index is 12.1. The van der Waals surface area contributed by atoms with Crippen LogP contribution in [-0.2, 0) is 23.9 Å². The maximum Gasteiger partial charge on any atom is 0.411 e. The number of methoxy groups -OCH3 is 1. The Kier molecular flexibility index (Phi) is 7.34. The van der Waals surface area contributed by atoms with Gasteiger partial charge >= 0.3 is 24.0 Å². The molecule has 0 aromatic carbocycles. The first-order valence-electron chi connectivity index (χ1n) is 6.49. The monoisotopic (exact) mass is 319 g/mol. The second-order valence-corrected chi connectivity index (χ2v) is 5.45. The molecule has 0 aliphatic rings. The van der Waals surface area contributed by atoms with Crippen LogP contribution in [0.4, 0.5) is 4.79 Å². The van der Waals surface area contributed by atoms with Crippen LogP contribution in [0.5, 0.6) is 0 Å². The highest BCUT2D eigenvalue weighted by Crippen LogP contribution is 2.15. The van der Waals surface area contributed by atoms with Crippen LogP contribution in [0.1, 0.15) is 33.6 Å². The average Bonchev–Trinajstić information content (AvgIpc) is 2.34. The standard InChI is InChI=1S/C13H21NO8/c1-13(2,3)22-12(20)14(6-5-10(17)21-4)8(11(18)19)7-9(15)16/h8H,5-7H2,1-4H3,(H,15,16)(H,18,19)/t8-/m0/s1. The van der Waals surface area contributed by atoms with E-state index in [1.165, 1.54) is 0 Å². The predicted octanol–water partition coefficient (Wildman–Crippen LogP) is 0.714. The highest BCUT2D eigenvalue weighted by Gasteiger charge is 2.34. The molecule has 22 heavy (non-hydrogen) atoms. The number of carboxylic acid groups (broad SMARTS) is 2. The fraction of sp³-hybridized carbons (Fsp3) is 0.692. The van der Waals surface area contributed by atoms with E-state index in [4.69, 9.17) is 14.9 Å². The van der Waals surface area contributed by atoms with Crippen LogP contribution in [-0.4, -0.2) is 64.4 Å². The highest BCUT2D eigenvalue weighted by atomic mass is 16.6. The lowest BCUT2D eigenvalue weighted by Crippen LogP contribution is -2.49. The minimum atomic E-state index is -1.64. The van der Waals surface area contributed by atoms with E-state index in [-0.39, 0.29) is 13.0 Å². The van der Waals surface area contributed by atoms with E-state index in [1.54, 1.807) is 20.8 Å². The molecule has 0 unspecified atom stereocenters. The first-order valence-corrected chi connectivity index (χ1v) is 6.49. The first-order chi connectivity index (χ1) is 9.97. The average molecular weight is 319 g/mol. The van der Waals surface area contributed by atoms with Crippen molar-refractivity contribution in [3.63, 3.8) is 0 Å². The fourth-order valence-electron chi connectivity index (χ4n) is 1.50. The Labute approximate surface area is 127 Å². The number of ether oxygens (including phenoxy) is 2. The lowest BCUT2D eigenvalue weighted by molar-refractivity contribution is -0.150. The van der Waals surface area contributed by atoms with Gasteiger partial charge in [-0.15, -0.1) is 0 Å². The molecule has 0 saturated heterocycles. The van der Waals surface area contributed by atoms with Gasteiger partial charge in [-0.3, -0.25) is 14.5 Å². The number of hydrogen-bond donors (Lipinski definition) is 2. The van der Waals surface area contributed by atoms with Crippen molar-refractivity contribution in [3.8, 4) is 0 Å². The summed E-state index contributed by atoms with van der Waals surface area (Å²) in [5.41, 5.74) is -0.896. The fourth-order valence-corrected chi connectivity index (χ4v) is 1.50. The Hall–Kier alpha value is -2.32. The number of amides is 1. The van der Waals surface area contributed by atoms with Crippen LogP contribution in [0.2, 0.25) is 0 Å². The van der Waals surface area contributed by atoms with Crippen molar-refractivity contribution < 1.29 is 38.9 Å². The van der Waals surface area contributed by atoms with Crippen molar-refractivity contribution in [1.82, 2.24) is 4.90 Å². The molecule has 2 N–H and O–H groups in total. The van der Waals surface area contributed by atoms with Gasteiger partial charge in [0.25, 0.3) is 0 Å². The van der Waals surface area contributed by atoms with Crippen LogP contribution in [0.3, 0.4) is 0 Å². The van der Waals surface area contributed by atoms with Crippen LogP contribution in [0.15, 0.2) is 0 Å². The number of esters is 1. The van der Waals surface area contributed by atoms with E-state index in [2.05, 4.69) is 4.74 Å². The highest BCUT2D eigenvalue weighted by molar-refractivity contribution is 5.85. The number of aliphatic carboxylic acids is 2. The van der Waals surface area contributed by atoms with Crippen molar-refractivity contribution >= 4 is 24.0 Å². The second-order valence-electron chi connectivity index (χ2n) is 5.45. The molecule has 1 amide bonds. The van der Waals surface area contributed by atoms with Crippen LogP contribution in [0.25, 0.3) is 0 Å². The SMILES string of the molecule is COC(=O)CCN(C(=O)OC(C)(C)C)[C@@H](CC(=O)O)C(=O)O. The van der Waals surface area contributed by atoms with Gasteiger partial charge in [0.05, 0.1) is 20.0 Å². The second kappa shape index (κ2) is 8.20. The molecule has 9 nitrogen and oxygen atoms in total. The number of rotatable bonds is 7. The van der Waals surface area contributed by atoms with Gasteiger partial charge < -0.3 is 19.7 Å². The van der Waals surface area contributed by atoms with E-state index in [0.717, 1.165) is 7.11 Å². The van der Waals surface area contributed by atoms with Crippen LogP contribution >= 0.6 is 0 Å². The topological polar surface area (TPSA) is 130 Å². The number of nitrogens with zero attached hydrogens (tertiary/aromatic N) is 1. The summed E-state index contributed by atoms with van der Waals surface area (Å²) in [6, 6.07) is -1.64. The van der Waals surface area contributed by atoms with E-state index in [9.17, 15) is 19.2 Å². The molecule has 0 aliphatic heterocycles. The minimum Gasteiger partial charge on any atom is -0.481 e. The van der Waals surface area contributed by atoms with Gasteiger partial charge in [0.1, 0.15) is 11.6 Å². The minimum absolute atomic E-state index is 0.279. The van der Waals surface area contributed by atoms with Crippen molar-refractivity contribution in [3.05, 3.63) is 0 Å². The van der Waals surface area contributed by atoms with Crippen molar-refractivity contribution in [2.24, 2.45) is 0 Å². The van der Waals surface area contributed by atoms with Gasteiger partial charge in [-0.2, -0.15) is 0 Å². The molecule has 0 heterocycles. The molecule has 0 radical (unpaired) electrons. The molecule has 0 saturated carbocycles. The number of hydrogen-bond acceptors (Lipinski definition) is 6. The first kappa shape index (κ1) is 19.7. The third-order valence-corrected chi connectivity index (χ3v) is 2.44. The molecule has 126 valence electrons. The molecular formula is C13H21NO8. The molecule has 0 aromatic heterocycles. The van der Waals surface area contributed by atoms with Gasteiger partial charge in [0, 0.05) is 6.54 Å². The third kappa shape index (κ3) is 7.46. The molecule has 0 aromatic rings. The summed E-state index contributed by atoms with van der Waals surface area (Å²) in [5.74, 6) is -3.55. The molecule has 0 bridgehead atoms. The van der Waals surface area contributed by atoms with Crippen molar-refractivity contribution in [1.29, 1.82) is 0 Å². The number of carbonyl (C=O) groups excluding carboxylic acids is 2. The molecule has 9 heteroatoms. The lowest BCUT2D eigenvalue weighted by Gasteiger charge is -2.30.